The number of para-hydroxylation sites is 1. The van der Waals surface area contributed by atoms with Crippen LogP contribution in [0.5, 0.6) is 5.75 Å². The van der Waals surface area contributed by atoms with Crippen LogP contribution in [0.4, 0.5) is 0 Å². The van der Waals surface area contributed by atoms with Gasteiger partial charge in [-0.25, -0.2) is 0 Å². The van der Waals surface area contributed by atoms with Crippen LogP contribution in [0.2, 0.25) is 0 Å². The van der Waals surface area contributed by atoms with Crippen LogP contribution in [0.15, 0.2) is 60.7 Å². The van der Waals surface area contributed by atoms with E-state index in [9.17, 15) is 0 Å². The van der Waals surface area contributed by atoms with Crippen molar-refractivity contribution in [1.29, 1.82) is 0 Å². The average molecular weight is 397 g/mol. The molecule has 0 bridgehead atoms. The van der Waals surface area contributed by atoms with E-state index in [1.807, 2.05) is 30.3 Å². The van der Waals surface area contributed by atoms with Gasteiger partial charge in [0, 0.05) is 13.1 Å². The average Bonchev–Trinajstić information content (AvgIpc) is 2.65. The molecule has 0 radical (unpaired) electrons. The van der Waals surface area contributed by atoms with Gasteiger partial charge in [0.1, 0.15) is 12.4 Å². The van der Waals surface area contributed by atoms with E-state index in [4.69, 9.17) is 4.74 Å². The number of piperidine rings is 1. The Hall–Kier alpha value is -1.26. The van der Waals surface area contributed by atoms with Crippen molar-refractivity contribution in [3.05, 3.63) is 66.2 Å². The molecule has 0 unspecified atom stereocenters. The second-order valence-electron chi connectivity index (χ2n) is 6.56. The van der Waals surface area contributed by atoms with Crippen molar-refractivity contribution in [3.8, 4) is 5.75 Å². The van der Waals surface area contributed by atoms with Crippen LogP contribution in [0, 0.1) is 5.92 Å². The fraction of sp³-hybridized carbons (Fsp3) is 0.429. The second kappa shape index (κ2) is 13.0. The first-order valence-corrected chi connectivity index (χ1v) is 9.05. The highest BCUT2D eigenvalue weighted by atomic mass is 35.5. The van der Waals surface area contributed by atoms with Gasteiger partial charge >= 0.3 is 0 Å². The Kier molecular flexibility index (Phi) is 11.4. The zero-order valence-electron chi connectivity index (χ0n) is 15.2. The Morgan fingerprint density at radius 2 is 1.50 bits per heavy atom. The number of likely N-dealkylation sites (tertiary alicyclic amines) is 1. The number of nitrogens with one attached hydrogen (secondary N) is 1. The molecule has 1 aliphatic rings. The van der Waals surface area contributed by atoms with E-state index in [1.54, 1.807) is 0 Å². The molecule has 0 atom stereocenters. The smallest absolute Gasteiger partial charge is 0.119 e. The van der Waals surface area contributed by atoms with Crippen molar-refractivity contribution < 1.29 is 4.74 Å². The van der Waals surface area contributed by atoms with Gasteiger partial charge in [-0.2, -0.15) is 0 Å². The molecular weight excluding hydrogens is 367 g/mol. The topological polar surface area (TPSA) is 24.5 Å². The van der Waals surface area contributed by atoms with Gasteiger partial charge in [-0.1, -0.05) is 48.5 Å². The van der Waals surface area contributed by atoms with Gasteiger partial charge < -0.3 is 10.1 Å². The molecule has 3 rings (SSSR count). The highest BCUT2D eigenvalue weighted by Gasteiger charge is 2.18. The van der Waals surface area contributed by atoms with Gasteiger partial charge in [0.05, 0.1) is 0 Å². The van der Waals surface area contributed by atoms with Crippen molar-refractivity contribution in [2.75, 3.05) is 32.8 Å². The largest absolute Gasteiger partial charge is 0.492 e. The summed E-state index contributed by atoms with van der Waals surface area (Å²) >= 11 is 0. The van der Waals surface area contributed by atoms with Crippen LogP contribution in [-0.2, 0) is 6.54 Å². The first kappa shape index (κ1) is 22.8. The fourth-order valence-corrected chi connectivity index (χ4v) is 3.24. The van der Waals surface area contributed by atoms with Crippen LogP contribution in [0.3, 0.4) is 0 Å². The SMILES string of the molecule is Cl.Cl.c1ccc(CNCC2CCN(CCOc3ccccc3)CC2)cc1. The Balaban J connectivity index is 0.00000169. The minimum absolute atomic E-state index is 0. The lowest BCUT2D eigenvalue weighted by Gasteiger charge is -2.32. The van der Waals surface area contributed by atoms with Gasteiger partial charge in [-0.05, 0) is 56.1 Å². The first-order valence-electron chi connectivity index (χ1n) is 9.05. The zero-order chi connectivity index (χ0) is 16.5. The summed E-state index contributed by atoms with van der Waals surface area (Å²) in [6.07, 6.45) is 2.57. The summed E-state index contributed by atoms with van der Waals surface area (Å²) in [4.78, 5) is 2.52. The first-order chi connectivity index (χ1) is 11.9. The molecule has 0 amide bonds. The summed E-state index contributed by atoms with van der Waals surface area (Å²) in [5.74, 6) is 1.78. The van der Waals surface area contributed by atoms with Crippen LogP contribution in [0.1, 0.15) is 18.4 Å². The summed E-state index contributed by atoms with van der Waals surface area (Å²) in [7, 11) is 0. The third-order valence-corrected chi connectivity index (χ3v) is 4.73. The molecule has 0 aromatic heterocycles. The number of benzene rings is 2. The van der Waals surface area contributed by atoms with Crippen molar-refractivity contribution in [1.82, 2.24) is 10.2 Å². The van der Waals surface area contributed by atoms with Crippen LogP contribution < -0.4 is 10.1 Å². The van der Waals surface area contributed by atoms with Gasteiger partial charge in [0.2, 0.25) is 0 Å². The molecule has 26 heavy (non-hydrogen) atoms. The van der Waals surface area contributed by atoms with E-state index >= 15 is 0 Å². The van der Waals surface area contributed by atoms with Crippen molar-refractivity contribution in [3.63, 3.8) is 0 Å². The maximum atomic E-state index is 5.80. The predicted molar refractivity (Wildman–Crippen MR) is 114 cm³/mol. The normalized spacial score (nSPS) is 14.9. The zero-order valence-corrected chi connectivity index (χ0v) is 16.8. The molecule has 2 aromatic rings. The standard InChI is InChI=1S/C21H28N2O.2ClH/c1-3-7-19(8-4-1)17-22-18-20-11-13-23(14-12-20)15-16-24-21-9-5-2-6-10-21;;/h1-10,20,22H,11-18H2;2*1H. The molecule has 0 aliphatic carbocycles. The quantitative estimate of drug-likeness (QED) is 0.714. The summed E-state index contributed by atoms with van der Waals surface area (Å²) < 4.78 is 5.80. The maximum absolute atomic E-state index is 5.80. The summed E-state index contributed by atoms with van der Waals surface area (Å²) in [5.41, 5.74) is 1.37. The van der Waals surface area contributed by atoms with Gasteiger partial charge in [-0.15, -0.1) is 24.8 Å². The molecule has 2 aromatic carbocycles. The lowest BCUT2D eigenvalue weighted by molar-refractivity contribution is 0.154. The molecule has 5 heteroatoms. The molecule has 1 N–H and O–H groups in total. The van der Waals surface area contributed by atoms with E-state index < -0.39 is 0 Å². The van der Waals surface area contributed by atoms with Crippen LogP contribution in [-0.4, -0.2) is 37.7 Å². The molecule has 0 saturated carbocycles. The van der Waals surface area contributed by atoms with Crippen molar-refractivity contribution in [2.45, 2.75) is 19.4 Å². The highest BCUT2D eigenvalue weighted by molar-refractivity contribution is 5.85. The van der Waals surface area contributed by atoms with E-state index in [-0.39, 0.29) is 24.8 Å². The van der Waals surface area contributed by atoms with Gasteiger partial charge in [0.15, 0.2) is 0 Å². The van der Waals surface area contributed by atoms with E-state index in [1.165, 1.54) is 31.5 Å². The Bertz CT molecular complexity index is 522. The molecule has 1 fully saturated rings. The summed E-state index contributed by atoms with van der Waals surface area (Å²) in [6, 6.07) is 20.7. The number of ether oxygens (including phenoxy) is 1. The van der Waals surface area contributed by atoms with E-state index in [0.29, 0.717) is 0 Å². The van der Waals surface area contributed by atoms with Crippen LogP contribution >= 0.6 is 24.8 Å². The highest BCUT2D eigenvalue weighted by Crippen LogP contribution is 2.16. The fourth-order valence-electron chi connectivity index (χ4n) is 3.24. The van der Waals surface area contributed by atoms with Crippen molar-refractivity contribution in [2.24, 2.45) is 5.92 Å². The third-order valence-electron chi connectivity index (χ3n) is 4.73. The van der Waals surface area contributed by atoms with E-state index in [0.717, 1.165) is 37.9 Å². The monoisotopic (exact) mass is 396 g/mol. The number of hydrogen-bond donors (Lipinski definition) is 1. The molecule has 144 valence electrons. The molecule has 0 spiro atoms. The minimum atomic E-state index is 0. The van der Waals surface area contributed by atoms with E-state index in [2.05, 4.69) is 40.5 Å². The number of halogens is 2. The third kappa shape index (κ3) is 7.96. The van der Waals surface area contributed by atoms with Gasteiger partial charge in [0.25, 0.3) is 0 Å². The number of rotatable bonds is 8. The summed E-state index contributed by atoms with van der Waals surface area (Å²) in [5, 5.41) is 3.61. The number of hydrogen-bond acceptors (Lipinski definition) is 3. The molecule has 1 heterocycles. The Morgan fingerprint density at radius 1 is 0.885 bits per heavy atom. The molecule has 1 saturated heterocycles. The summed E-state index contributed by atoms with van der Waals surface area (Å²) in [6.45, 7) is 6.29. The second-order valence-corrected chi connectivity index (χ2v) is 6.56. The maximum Gasteiger partial charge on any atom is 0.119 e. The number of nitrogens with zero attached hydrogens (tertiary/aromatic N) is 1. The van der Waals surface area contributed by atoms with Crippen LogP contribution in [0.25, 0.3) is 0 Å². The predicted octanol–water partition coefficient (Wildman–Crippen LogP) is 4.41. The molecule has 1 aliphatic heterocycles. The van der Waals surface area contributed by atoms with Gasteiger partial charge in [-0.3, -0.25) is 4.90 Å². The van der Waals surface area contributed by atoms with Crippen molar-refractivity contribution >= 4 is 24.8 Å². The minimum Gasteiger partial charge on any atom is -0.492 e. The lowest BCUT2D eigenvalue weighted by atomic mass is 9.97. The Morgan fingerprint density at radius 3 is 2.15 bits per heavy atom. The molecule has 3 nitrogen and oxygen atoms in total. The lowest BCUT2D eigenvalue weighted by Crippen LogP contribution is -2.39. The molecular formula is C21H30Cl2N2O. The Labute approximate surface area is 169 Å².